The first-order valence-electron chi connectivity index (χ1n) is 27.2. The topological polar surface area (TPSA) is 78.9 Å². The predicted octanol–water partition coefficient (Wildman–Crippen LogP) is 18.1. The maximum absolute atomic E-state index is 12.8. The Balaban J connectivity index is 4.52. The van der Waals surface area contributed by atoms with Crippen LogP contribution in [0.15, 0.2) is 122 Å². The number of rotatable bonds is 47. The van der Waals surface area contributed by atoms with Gasteiger partial charge in [-0.1, -0.05) is 239 Å². The minimum atomic E-state index is -0.811. The highest BCUT2D eigenvalue weighted by atomic mass is 16.6. The van der Waals surface area contributed by atoms with Gasteiger partial charge in [0, 0.05) is 19.3 Å². The molecule has 0 spiro atoms. The first-order valence-corrected chi connectivity index (χ1v) is 27.2. The molecule has 0 aromatic heterocycles. The number of allylic oxidation sites excluding steroid dienone is 20. The van der Waals surface area contributed by atoms with Crippen molar-refractivity contribution < 1.29 is 28.6 Å². The summed E-state index contributed by atoms with van der Waals surface area (Å²) in [5.74, 6) is -0.975. The predicted molar refractivity (Wildman–Crippen MR) is 288 cm³/mol. The van der Waals surface area contributed by atoms with Gasteiger partial charge in [-0.25, -0.2) is 0 Å². The molecule has 0 aromatic carbocycles. The van der Waals surface area contributed by atoms with Gasteiger partial charge < -0.3 is 14.2 Å². The lowest BCUT2D eigenvalue weighted by atomic mass is 10.1. The van der Waals surface area contributed by atoms with Gasteiger partial charge in [0.25, 0.3) is 0 Å². The number of esters is 3. The zero-order chi connectivity index (χ0) is 48.6. The highest BCUT2D eigenvalue weighted by molar-refractivity contribution is 5.71. The van der Waals surface area contributed by atoms with Crippen LogP contribution in [0.4, 0.5) is 0 Å². The smallest absolute Gasteiger partial charge is 0.306 e. The Morgan fingerprint density at radius 3 is 0.940 bits per heavy atom. The lowest BCUT2D eigenvalue weighted by Crippen LogP contribution is -2.30. The van der Waals surface area contributed by atoms with Gasteiger partial charge in [-0.2, -0.15) is 0 Å². The molecule has 0 fully saturated rings. The van der Waals surface area contributed by atoms with Crippen LogP contribution in [0, 0.1) is 0 Å². The second-order valence-corrected chi connectivity index (χ2v) is 17.6. The molecule has 0 radical (unpaired) electrons. The maximum atomic E-state index is 12.8. The van der Waals surface area contributed by atoms with E-state index in [1.165, 1.54) is 51.4 Å². The summed E-state index contributed by atoms with van der Waals surface area (Å²) in [7, 11) is 0. The molecule has 0 heterocycles. The summed E-state index contributed by atoms with van der Waals surface area (Å²) in [6.45, 7) is 6.38. The van der Waals surface area contributed by atoms with Crippen LogP contribution in [0.3, 0.4) is 0 Å². The third-order valence-electron chi connectivity index (χ3n) is 11.1. The van der Waals surface area contributed by atoms with Gasteiger partial charge in [0.2, 0.25) is 0 Å². The van der Waals surface area contributed by atoms with E-state index < -0.39 is 6.10 Å². The molecule has 0 bridgehead atoms. The number of carbonyl (C=O) groups is 3. The third-order valence-corrected chi connectivity index (χ3v) is 11.1. The average molecular weight is 927 g/mol. The van der Waals surface area contributed by atoms with E-state index in [2.05, 4.69) is 142 Å². The molecule has 0 aliphatic heterocycles. The van der Waals surface area contributed by atoms with E-state index in [9.17, 15) is 14.4 Å². The Kier molecular flexibility index (Phi) is 51.0. The standard InChI is InChI=1S/C61H98O6/c1-4-7-10-13-16-19-22-25-27-29-31-33-36-39-42-45-48-51-54-60(63)66-57-58(56-65-59(62)53-50-47-44-41-38-35-24-21-18-15-12-9-6-3)67-61(64)55-52-49-46-43-40-37-34-32-30-28-26-23-20-17-14-11-8-5-2/h9,12,15-16,18-19,21-34,58H,4-8,10-11,13-14,17,20,35-57H2,1-3H3/b12-9-,18-15-,19-16-,24-21-,25-22-,26-23-,29-27-,30-28-,33-31-,34-32-. The number of hydrogen-bond donors (Lipinski definition) is 0. The molecule has 0 aliphatic rings. The Labute approximate surface area is 412 Å². The van der Waals surface area contributed by atoms with E-state index >= 15 is 0 Å². The molecule has 6 nitrogen and oxygen atoms in total. The van der Waals surface area contributed by atoms with Crippen LogP contribution in [-0.4, -0.2) is 37.2 Å². The lowest BCUT2D eigenvalue weighted by molar-refractivity contribution is -0.167. The molecule has 0 N–H and O–H groups in total. The van der Waals surface area contributed by atoms with Crippen molar-refractivity contribution in [2.45, 2.75) is 232 Å². The first-order chi connectivity index (χ1) is 33.0. The summed E-state index contributed by atoms with van der Waals surface area (Å²) >= 11 is 0. The Morgan fingerprint density at radius 1 is 0.313 bits per heavy atom. The molecule has 0 saturated carbocycles. The summed E-state index contributed by atoms with van der Waals surface area (Å²) in [5.41, 5.74) is 0. The molecule has 1 unspecified atom stereocenters. The van der Waals surface area contributed by atoms with Gasteiger partial charge >= 0.3 is 17.9 Å². The van der Waals surface area contributed by atoms with Gasteiger partial charge in [0.05, 0.1) is 0 Å². The number of ether oxygens (including phenoxy) is 3. The molecular weight excluding hydrogens is 829 g/mol. The van der Waals surface area contributed by atoms with Gasteiger partial charge in [0.1, 0.15) is 13.2 Å². The summed E-state index contributed by atoms with van der Waals surface area (Å²) in [5, 5.41) is 0. The van der Waals surface area contributed by atoms with Crippen molar-refractivity contribution in [3.05, 3.63) is 122 Å². The van der Waals surface area contributed by atoms with Crippen molar-refractivity contribution in [1.29, 1.82) is 0 Å². The summed E-state index contributed by atoms with van der Waals surface area (Å²) in [4.78, 5) is 38.1. The quantitative estimate of drug-likeness (QED) is 0.0262. The molecule has 378 valence electrons. The van der Waals surface area contributed by atoms with Gasteiger partial charge in [-0.05, 0) is 89.9 Å². The highest BCUT2D eigenvalue weighted by Crippen LogP contribution is 2.13. The Hall–Kier alpha value is -4.19. The molecular formula is C61H98O6. The number of hydrogen-bond acceptors (Lipinski definition) is 6. The van der Waals surface area contributed by atoms with Crippen molar-refractivity contribution >= 4 is 17.9 Å². The highest BCUT2D eigenvalue weighted by Gasteiger charge is 2.19. The second-order valence-electron chi connectivity index (χ2n) is 17.6. The van der Waals surface area contributed by atoms with E-state index in [4.69, 9.17) is 14.2 Å². The van der Waals surface area contributed by atoms with E-state index in [1.807, 2.05) is 0 Å². The van der Waals surface area contributed by atoms with Crippen LogP contribution in [0.5, 0.6) is 0 Å². The fourth-order valence-electron chi connectivity index (χ4n) is 7.04. The minimum absolute atomic E-state index is 0.109. The molecule has 0 aliphatic carbocycles. The van der Waals surface area contributed by atoms with E-state index in [0.717, 1.165) is 135 Å². The van der Waals surface area contributed by atoms with Crippen LogP contribution >= 0.6 is 0 Å². The van der Waals surface area contributed by atoms with Crippen LogP contribution in [-0.2, 0) is 28.6 Å². The zero-order valence-corrected chi connectivity index (χ0v) is 43.1. The first kappa shape index (κ1) is 62.8. The average Bonchev–Trinajstić information content (AvgIpc) is 3.33. The van der Waals surface area contributed by atoms with Crippen molar-refractivity contribution in [3.63, 3.8) is 0 Å². The monoisotopic (exact) mass is 927 g/mol. The van der Waals surface area contributed by atoms with Crippen molar-refractivity contribution in [1.82, 2.24) is 0 Å². The third kappa shape index (κ3) is 52.6. The maximum Gasteiger partial charge on any atom is 0.306 e. The van der Waals surface area contributed by atoms with Crippen LogP contribution in [0.25, 0.3) is 0 Å². The molecule has 67 heavy (non-hydrogen) atoms. The number of unbranched alkanes of at least 4 members (excludes halogenated alkanes) is 23. The molecule has 0 rings (SSSR count). The zero-order valence-electron chi connectivity index (χ0n) is 43.1. The van der Waals surface area contributed by atoms with Crippen LogP contribution in [0.2, 0.25) is 0 Å². The molecule has 6 heteroatoms. The second kappa shape index (κ2) is 54.4. The lowest BCUT2D eigenvalue weighted by Gasteiger charge is -2.18. The van der Waals surface area contributed by atoms with Crippen molar-refractivity contribution in [2.75, 3.05) is 13.2 Å². The summed E-state index contributed by atoms with van der Waals surface area (Å²) < 4.78 is 16.8. The molecule has 0 aromatic rings. The molecule has 1 atom stereocenters. The van der Waals surface area contributed by atoms with Gasteiger partial charge in [-0.3, -0.25) is 14.4 Å². The summed E-state index contributed by atoms with van der Waals surface area (Å²) in [6, 6.07) is 0. The van der Waals surface area contributed by atoms with Crippen molar-refractivity contribution in [2.24, 2.45) is 0 Å². The van der Waals surface area contributed by atoms with E-state index in [0.29, 0.717) is 19.3 Å². The normalized spacial score (nSPS) is 13.1. The SMILES string of the molecule is CC\C=C/C=C\C=C/CCCCCCCC(=O)OCC(COC(=O)CCCCCCC\C=C/C=C\C=C/C=C\CCCCC)OC(=O)CCCCCCC\C=C/C=C\C=C/CCCCCCC. The number of carbonyl (C=O) groups excluding carboxylic acids is 3. The van der Waals surface area contributed by atoms with E-state index in [1.54, 1.807) is 0 Å². The van der Waals surface area contributed by atoms with Gasteiger partial charge in [-0.15, -0.1) is 0 Å². The van der Waals surface area contributed by atoms with Gasteiger partial charge in [0.15, 0.2) is 6.10 Å². The van der Waals surface area contributed by atoms with Crippen LogP contribution in [0.1, 0.15) is 226 Å². The fourth-order valence-corrected chi connectivity index (χ4v) is 7.04. The largest absolute Gasteiger partial charge is 0.462 e. The minimum Gasteiger partial charge on any atom is -0.462 e. The molecule has 0 saturated heterocycles. The van der Waals surface area contributed by atoms with Crippen LogP contribution < -0.4 is 0 Å². The van der Waals surface area contributed by atoms with Crippen molar-refractivity contribution in [3.8, 4) is 0 Å². The summed E-state index contributed by atoms with van der Waals surface area (Å²) in [6.07, 6.45) is 74.6. The Bertz CT molecular complexity index is 1440. The molecule has 0 amide bonds. The van der Waals surface area contributed by atoms with E-state index in [-0.39, 0.29) is 31.1 Å². The fraction of sp³-hybridized carbons (Fsp3) is 0.623. The Morgan fingerprint density at radius 2 is 0.582 bits per heavy atom.